The minimum atomic E-state index is -0.0422. The number of hydrogen-bond donors (Lipinski definition) is 1. The molecular weight excluding hydrogens is 242 g/mol. The molecule has 4 heteroatoms. The van der Waals surface area contributed by atoms with Crippen LogP contribution in [0.15, 0.2) is 24.3 Å². The minimum absolute atomic E-state index is 0.0422. The molecule has 4 nitrogen and oxygen atoms in total. The van der Waals surface area contributed by atoms with Gasteiger partial charge in [0, 0.05) is 32.4 Å². The number of ether oxygens (including phenoxy) is 2. The molecule has 0 aromatic heterocycles. The molecule has 1 aromatic carbocycles. The van der Waals surface area contributed by atoms with Gasteiger partial charge in [-0.1, -0.05) is 19.1 Å². The van der Waals surface area contributed by atoms with E-state index in [4.69, 9.17) is 9.47 Å². The van der Waals surface area contributed by atoms with E-state index >= 15 is 0 Å². The largest absolute Gasteiger partial charge is 0.381 e. The second kappa shape index (κ2) is 9.53. The number of methoxy groups -OCH3 is 1. The zero-order chi connectivity index (χ0) is 13.9. The maximum atomic E-state index is 11.8. The Hall–Kier alpha value is -1.39. The van der Waals surface area contributed by atoms with Crippen molar-refractivity contribution in [3.8, 4) is 0 Å². The van der Waals surface area contributed by atoms with Crippen molar-refractivity contribution >= 4 is 5.91 Å². The first-order valence-electron chi connectivity index (χ1n) is 6.71. The predicted octanol–water partition coefficient (Wildman–Crippen LogP) is 2.38. The fourth-order valence-corrected chi connectivity index (χ4v) is 1.64. The molecule has 106 valence electrons. The molecule has 0 aliphatic carbocycles. The highest BCUT2D eigenvalue weighted by Crippen LogP contribution is 2.05. The van der Waals surface area contributed by atoms with Crippen molar-refractivity contribution in [3.63, 3.8) is 0 Å². The summed E-state index contributed by atoms with van der Waals surface area (Å²) in [5, 5.41) is 2.88. The summed E-state index contributed by atoms with van der Waals surface area (Å²) in [7, 11) is 1.65. The lowest BCUT2D eigenvalue weighted by molar-refractivity contribution is 0.0941. The Morgan fingerprint density at radius 2 is 1.95 bits per heavy atom. The first-order chi connectivity index (χ1) is 9.27. The Balaban J connectivity index is 2.25. The molecule has 0 aliphatic rings. The average Bonchev–Trinajstić information content (AvgIpc) is 2.43. The van der Waals surface area contributed by atoms with Crippen molar-refractivity contribution in [3.05, 3.63) is 35.4 Å². The Labute approximate surface area is 115 Å². The van der Waals surface area contributed by atoms with Crippen LogP contribution in [0.3, 0.4) is 0 Å². The van der Waals surface area contributed by atoms with Crippen molar-refractivity contribution in [2.24, 2.45) is 0 Å². The van der Waals surface area contributed by atoms with Gasteiger partial charge in [-0.25, -0.2) is 0 Å². The first-order valence-corrected chi connectivity index (χ1v) is 6.71. The molecule has 1 amide bonds. The highest BCUT2D eigenvalue weighted by Gasteiger charge is 2.04. The van der Waals surface area contributed by atoms with E-state index in [1.54, 1.807) is 7.11 Å². The summed E-state index contributed by atoms with van der Waals surface area (Å²) in [4.78, 5) is 11.8. The number of carbonyl (C=O) groups excluding carboxylic acids is 1. The number of nitrogens with one attached hydrogen (secondary N) is 1. The van der Waals surface area contributed by atoms with Gasteiger partial charge in [0.1, 0.15) is 0 Å². The summed E-state index contributed by atoms with van der Waals surface area (Å²) >= 11 is 0. The molecule has 1 aromatic rings. The fourth-order valence-electron chi connectivity index (χ4n) is 1.64. The summed E-state index contributed by atoms with van der Waals surface area (Å²) in [6.45, 7) is 4.77. The molecule has 0 bridgehead atoms. The molecule has 0 spiro atoms. The summed E-state index contributed by atoms with van der Waals surface area (Å²) in [6, 6.07) is 7.44. The average molecular weight is 265 g/mol. The molecule has 0 aliphatic heterocycles. The number of hydrogen-bond acceptors (Lipinski definition) is 3. The van der Waals surface area contributed by atoms with E-state index in [0.29, 0.717) is 25.3 Å². The van der Waals surface area contributed by atoms with Gasteiger partial charge < -0.3 is 14.8 Å². The smallest absolute Gasteiger partial charge is 0.251 e. The van der Waals surface area contributed by atoms with Gasteiger partial charge in [0.15, 0.2) is 0 Å². The lowest BCUT2D eigenvalue weighted by Gasteiger charge is -2.06. The van der Waals surface area contributed by atoms with Gasteiger partial charge in [0.05, 0.1) is 6.61 Å². The van der Waals surface area contributed by atoms with E-state index in [1.165, 1.54) is 0 Å². The van der Waals surface area contributed by atoms with Crippen molar-refractivity contribution in [2.45, 2.75) is 26.4 Å². The van der Waals surface area contributed by atoms with E-state index in [0.717, 1.165) is 25.0 Å². The Kier molecular flexibility index (Phi) is 7.86. The normalized spacial score (nSPS) is 10.4. The van der Waals surface area contributed by atoms with Crippen LogP contribution in [0.2, 0.25) is 0 Å². The molecule has 0 heterocycles. The number of carbonyl (C=O) groups is 1. The molecule has 1 rings (SSSR count). The van der Waals surface area contributed by atoms with Gasteiger partial charge in [-0.3, -0.25) is 4.79 Å². The third-order valence-electron chi connectivity index (χ3n) is 2.63. The van der Waals surface area contributed by atoms with Gasteiger partial charge in [0.2, 0.25) is 0 Å². The molecule has 0 saturated carbocycles. The molecule has 0 saturated heterocycles. The molecule has 0 radical (unpaired) electrons. The van der Waals surface area contributed by atoms with Gasteiger partial charge in [-0.15, -0.1) is 0 Å². The van der Waals surface area contributed by atoms with Crippen LogP contribution in [0.4, 0.5) is 0 Å². The Morgan fingerprint density at radius 3 is 2.58 bits per heavy atom. The second-order valence-electron chi connectivity index (χ2n) is 4.35. The third-order valence-corrected chi connectivity index (χ3v) is 2.63. The van der Waals surface area contributed by atoms with Gasteiger partial charge in [0.25, 0.3) is 5.91 Å². The van der Waals surface area contributed by atoms with Crippen molar-refractivity contribution in [1.29, 1.82) is 0 Å². The third kappa shape index (κ3) is 6.36. The summed E-state index contributed by atoms with van der Waals surface area (Å²) in [5.74, 6) is -0.0422. The summed E-state index contributed by atoms with van der Waals surface area (Å²) in [5.41, 5.74) is 1.74. The van der Waals surface area contributed by atoms with Crippen molar-refractivity contribution in [1.82, 2.24) is 5.32 Å². The molecule has 19 heavy (non-hydrogen) atoms. The highest BCUT2D eigenvalue weighted by atomic mass is 16.5. The van der Waals surface area contributed by atoms with Crippen LogP contribution in [0.1, 0.15) is 35.7 Å². The maximum absolute atomic E-state index is 11.8. The first kappa shape index (κ1) is 15.7. The van der Waals surface area contributed by atoms with E-state index in [2.05, 4.69) is 12.2 Å². The predicted molar refractivity (Wildman–Crippen MR) is 75.2 cm³/mol. The fraction of sp³-hybridized carbons (Fsp3) is 0.533. The SMILES string of the molecule is CCCOCCCNC(=O)c1ccc(COC)cc1. The zero-order valence-electron chi connectivity index (χ0n) is 11.8. The van der Waals surface area contributed by atoms with E-state index in [9.17, 15) is 4.79 Å². The lowest BCUT2D eigenvalue weighted by Crippen LogP contribution is -2.25. The summed E-state index contributed by atoms with van der Waals surface area (Å²) < 4.78 is 10.4. The van der Waals surface area contributed by atoms with Crippen LogP contribution in [0.5, 0.6) is 0 Å². The van der Waals surface area contributed by atoms with Gasteiger partial charge in [-0.2, -0.15) is 0 Å². The van der Waals surface area contributed by atoms with Crippen LogP contribution in [-0.2, 0) is 16.1 Å². The summed E-state index contributed by atoms with van der Waals surface area (Å²) in [6.07, 6.45) is 1.87. The molecule has 0 atom stereocenters. The van der Waals surface area contributed by atoms with Crippen LogP contribution in [0.25, 0.3) is 0 Å². The van der Waals surface area contributed by atoms with E-state index in [1.807, 2.05) is 24.3 Å². The standard InChI is InChI=1S/C15H23NO3/c1-3-10-19-11-4-9-16-15(17)14-7-5-13(6-8-14)12-18-2/h5-8H,3-4,9-12H2,1-2H3,(H,16,17). The molecular formula is C15H23NO3. The molecule has 1 N–H and O–H groups in total. The van der Waals surface area contributed by atoms with Crippen LogP contribution in [-0.4, -0.2) is 32.8 Å². The monoisotopic (exact) mass is 265 g/mol. The topological polar surface area (TPSA) is 47.6 Å². The maximum Gasteiger partial charge on any atom is 0.251 e. The zero-order valence-corrected chi connectivity index (χ0v) is 11.8. The highest BCUT2D eigenvalue weighted by molar-refractivity contribution is 5.94. The Morgan fingerprint density at radius 1 is 1.21 bits per heavy atom. The van der Waals surface area contributed by atoms with Crippen LogP contribution < -0.4 is 5.32 Å². The van der Waals surface area contributed by atoms with Crippen molar-refractivity contribution in [2.75, 3.05) is 26.9 Å². The quantitative estimate of drug-likeness (QED) is 0.697. The Bertz CT molecular complexity index is 362. The van der Waals surface area contributed by atoms with E-state index < -0.39 is 0 Å². The van der Waals surface area contributed by atoms with Crippen molar-refractivity contribution < 1.29 is 14.3 Å². The molecule has 0 unspecified atom stereocenters. The minimum Gasteiger partial charge on any atom is -0.381 e. The number of amides is 1. The molecule has 0 fully saturated rings. The lowest BCUT2D eigenvalue weighted by atomic mass is 10.1. The second-order valence-corrected chi connectivity index (χ2v) is 4.35. The number of benzene rings is 1. The van der Waals surface area contributed by atoms with Gasteiger partial charge in [-0.05, 0) is 30.5 Å². The van der Waals surface area contributed by atoms with Crippen LogP contribution >= 0.6 is 0 Å². The van der Waals surface area contributed by atoms with Crippen LogP contribution in [0, 0.1) is 0 Å². The van der Waals surface area contributed by atoms with Gasteiger partial charge >= 0.3 is 0 Å². The number of rotatable bonds is 9. The van der Waals surface area contributed by atoms with E-state index in [-0.39, 0.29) is 5.91 Å².